The lowest BCUT2D eigenvalue weighted by atomic mass is 10.0. The lowest BCUT2D eigenvalue weighted by Gasteiger charge is -2.40. The number of hydrogen-bond donors (Lipinski definition) is 2. The second kappa shape index (κ2) is 11.9. The third kappa shape index (κ3) is 7.08. The van der Waals surface area contributed by atoms with E-state index in [1.165, 1.54) is 11.1 Å². The average molecular weight is 426 g/mol. The van der Waals surface area contributed by atoms with Crippen LogP contribution in [-0.2, 0) is 13.1 Å². The second-order valence-corrected chi connectivity index (χ2v) is 8.70. The zero-order valence-corrected chi connectivity index (χ0v) is 19.6. The summed E-state index contributed by atoms with van der Waals surface area (Å²) in [5, 5.41) is 11.4. The second-order valence-electron chi connectivity index (χ2n) is 8.70. The van der Waals surface area contributed by atoms with Crippen LogP contribution in [0.5, 0.6) is 0 Å². The summed E-state index contributed by atoms with van der Waals surface area (Å²) in [4.78, 5) is 9.94. The largest absolute Gasteiger partial charge is 0.357 e. The molecule has 170 valence electrons. The maximum Gasteiger partial charge on any atom is 0.191 e. The van der Waals surface area contributed by atoms with Crippen LogP contribution in [0.25, 0.3) is 0 Å². The van der Waals surface area contributed by atoms with Gasteiger partial charge in [0.05, 0.1) is 13.1 Å². The summed E-state index contributed by atoms with van der Waals surface area (Å²) < 4.78 is 1.95. The van der Waals surface area contributed by atoms with Crippen molar-refractivity contribution in [2.75, 3.05) is 46.3 Å². The maximum absolute atomic E-state index is 4.90. The van der Waals surface area contributed by atoms with Gasteiger partial charge < -0.3 is 15.5 Å². The van der Waals surface area contributed by atoms with E-state index in [4.69, 9.17) is 4.99 Å². The lowest BCUT2D eigenvalue weighted by Crippen LogP contribution is -2.55. The molecule has 7 nitrogen and oxygen atoms in total. The highest BCUT2D eigenvalue weighted by atomic mass is 15.3. The zero-order valence-electron chi connectivity index (χ0n) is 19.6. The van der Waals surface area contributed by atoms with E-state index in [1.807, 2.05) is 23.1 Å². The molecular weight excluding hydrogens is 386 g/mol. The maximum atomic E-state index is 4.90. The van der Waals surface area contributed by atoms with Crippen LogP contribution in [0.2, 0.25) is 0 Å². The molecule has 1 saturated heterocycles. The summed E-state index contributed by atoms with van der Waals surface area (Å²) in [5.74, 6) is 1.48. The van der Waals surface area contributed by atoms with Crippen LogP contribution in [0.3, 0.4) is 0 Å². The van der Waals surface area contributed by atoms with Crippen LogP contribution < -0.4 is 10.6 Å². The van der Waals surface area contributed by atoms with Gasteiger partial charge >= 0.3 is 0 Å². The molecule has 0 spiro atoms. The highest BCUT2D eigenvalue weighted by Crippen LogP contribution is 2.14. The van der Waals surface area contributed by atoms with Gasteiger partial charge in [-0.15, -0.1) is 0 Å². The van der Waals surface area contributed by atoms with Gasteiger partial charge in [0.25, 0.3) is 0 Å². The Bertz CT molecular complexity index is 792. The molecule has 2 N–H and O–H groups in total. The van der Waals surface area contributed by atoms with Gasteiger partial charge in [-0.2, -0.15) is 5.10 Å². The highest BCUT2D eigenvalue weighted by Gasteiger charge is 2.25. The number of nitrogens with one attached hydrogen (secondary N) is 2. The smallest absolute Gasteiger partial charge is 0.191 e. The average Bonchev–Trinajstić information content (AvgIpc) is 3.27. The Kier molecular flexibility index (Phi) is 8.91. The normalized spacial score (nSPS) is 17.1. The van der Waals surface area contributed by atoms with Crippen molar-refractivity contribution in [2.45, 2.75) is 39.9 Å². The van der Waals surface area contributed by atoms with Crippen LogP contribution >= 0.6 is 0 Å². The minimum atomic E-state index is 0.504. The quantitative estimate of drug-likeness (QED) is 0.477. The number of nitrogens with zero attached hydrogens (tertiary/aromatic N) is 5. The van der Waals surface area contributed by atoms with E-state index in [9.17, 15) is 0 Å². The Balaban J connectivity index is 1.63. The minimum absolute atomic E-state index is 0.504. The number of aliphatic imine (C=N–C) groups is 1. The predicted octanol–water partition coefficient (Wildman–Crippen LogP) is 2.26. The summed E-state index contributed by atoms with van der Waals surface area (Å²) in [7, 11) is 2.21. The van der Waals surface area contributed by atoms with Gasteiger partial charge in [0.15, 0.2) is 5.96 Å². The number of hydrogen-bond acceptors (Lipinski definition) is 4. The van der Waals surface area contributed by atoms with Gasteiger partial charge in [-0.05, 0) is 37.1 Å². The molecule has 0 saturated carbocycles. The van der Waals surface area contributed by atoms with E-state index in [2.05, 4.69) is 77.6 Å². The van der Waals surface area contributed by atoms with Gasteiger partial charge in [-0.3, -0.25) is 9.58 Å². The standard InChI is InChI=1S/C24H39N7/c1-5-25-24(27-18-23(20(2)3)30-15-13-29(4)14-16-30)26-17-21-9-6-7-10-22(21)19-31-12-8-11-28-31/h6-12,20,23H,5,13-19H2,1-4H3,(H2,25,26,27). The molecular formula is C24H39N7. The number of likely N-dealkylation sites (N-methyl/N-ethyl adjacent to an activating group) is 1. The molecule has 0 aliphatic carbocycles. The molecule has 1 unspecified atom stereocenters. The number of piperazine rings is 1. The first-order chi connectivity index (χ1) is 15.1. The van der Waals surface area contributed by atoms with Crippen LogP contribution in [0, 0.1) is 5.92 Å². The first-order valence-corrected chi connectivity index (χ1v) is 11.6. The van der Waals surface area contributed by atoms with Gasteiger partial charge in [-0.25, -0.2) is 4.99 Å². The summed E-state index contributed by atoms with van der Waals surface area (Å²) in [5.41, 5.74) is 2.48. The lowest BCUT2D eigenvalue weighted by molar-refractivity contribution is 0.0900. The van der Waals surface area contributed by atoms with E-state index in [0.717, 1.165) is 51.8 Å². The Morgan fingerprint density at radius 1 is 1.06 bits per heavy atom. The molecule has 1 aromatic carbocycles. The predicted molar refractivity (Wildman–Crippen MR) is 128 cm³/mol. The van der Waals surface area contributed by atoms with Crippen molar-refractivity contribution < 1.29 is 0 Å². The number of rotatable bonds is 9. The first-order valence-electron chi connectivity index (χ1n) is 11.6. The Morgan fingerprint density at radius 2 is 1.81 bits per heavy atom. The molecule has 31 heavy (non-hydrogen) atoms. The number of benzene rings is 1. The van der Waals surface area contributed by atoms with E-state index in [-0.39, 0.29) is 0 Å². The van der Waals surface area contributed by atoms with Gasteiger partial charge in [-0.1, -0.05) is 38.1 Å². The van der Waals surface area contributed by atoms with Gasteiger partial charge in [0, 0.05) is 57.7 Å². The van der Waals surface area contributed by atoms with Crippen molar-refractivity contribution in [1.29, 1.82) is 0 Å². The first kappa shape index (κ1) is 23.3. The molecule has 1 atom stereocenters. The Labute approximate surface area is 187 Å². The van der Waals surface area contributed by atoms with E-state index < -0.39 is 0 Å². The fourth-order valence-electron chi connectivity index (χ4n) is 4.08. The van der Waals surface area contributed by atoms with Crippen LogP contribution in [0.4, 0.5) is 0 Å². The van der Waals surface area contributed by atoms with Crippen LogP contribution in [-0.4, -0.2) is 77.9 Å². The minimum Gasteiger partial charge on any atom is -0.357 e. The molecule has 2 heterocycles. The molecule has 2 aromatic rings. The zero-order chi connectivity index (χ0) is 22.1. The van der Waals surface area contributed by atoms with E-state index in [1.54, 1.807) is 0 Å². The molecule has 0 bridgehead atoms. The van der Waals surface area contributed by atoms with Gasteiger partial charge in [0.1, 0.15) is 0 Å². The molecule has 1 aliphatic heterocycles. The summed E-state index contributed by atoms with van der Waals surface area (Å²) in [6.07, 6.45) is 3.82. The molecule has 7 heteroatoms. The third-order valence-corrected chi connectivity index (χ3v) is 6.02. The van der Waals surface area contributed by atoms with Crippen molar-refractivity contribution in [2.24, 2.45) is 10.9 Å². The third-order valence-electron chi connectivity index (χ3n) is 6.02. The molecule has 0 amide bonds. The Morgan fingerprint density at radius 3 is 2.45 bits per heavy atom. The summed E-state index contributed by atoms with van der Waals surface area (Å²) in [6.45, 7) is 14.5. The molecule has 1 aromatic heterocycles. The number of guanidine groups is 1. The van der Waals surface area contributed by atoms with Crippen molar-refractivity contribution in [1.82, 2.24) is 30.2 Å². The van der Waals surface area contributed by atoms with Crippen molar-refractivity contribution >= 4 is 5.96 Å². The highest BCUT2D eigenvalue weighted by molar-refractivity contribution is 5.79. The SMILES string of the molecule is CCNC(=NCc1ccccc1Cn1cccn1)NCC(C(C)C)N1CCN(C)CC1. The monoisotopic (exact) mass is 425 g/mol. The topological polar surface area (TPSA) is 60.7 Å². The van der Waals surface area contributed by atoms with Gasteiger partial charge in [0.2, 0.25) is 0 Å². The fraction of sp³-hybridized carbons (Fsp3) is 0.583. The van der Waals surface area contributed by atoms with E-state index >= 15 is 0 Å². The molecule has 1 aliphatic rings. The van der Waals surface area contributed by atoms with Crippen LogP contribution in [0.15, 0.2) is 47.7 Å². The van der Waals surface area contributed by atoms with Crippen molar-refractivity contribution in [3.05, 3.63) is 53.9 Å². The molecule has 0 radical (unpaired) electrons. The Hall–Kier alpha value is -2.38. The number of aromatic nitrogens is 2. The molecule has 3 rings (SSSR count). The summed E-state index contributed by atoms with van der Waals surface area (Å²) >= 11 is 0. The summed E-state index contributed by atoms with van der Waals surface area (Å²) in [6, 6.07) is 10.9. The molecule has 1 fully saturated rings. The van der Waals surface area contributed by atoms with Crippen molar-refractivity contribution in [3.63, 3.8) is 0 Å². The fourth-order valence-corrected chi connectivity index (χ4v) is 4.08. The van der Waals surface area contributed by atoms with Crippen molar-refractivity contribution in [3.8, 4) is 0 Å². The van der Waals surface area contributed by atoms with Crippen LogP contribution in [0.1, 0.15) is 31.9 Å². The van der Waals surface area contributed by atoms with E-state index in [0.29, 0.717) is 18.5 Å².